The number of nitrogens with one attached hydrogen (secondary N) is 2. The van der Waals surface area contributed by atoms with Crippen LogP contribution in [0.4, 0.5) is 11.4 Å². The van der Waals surface area contributed by atoms with Crippen molar-refractivity contribution >= 4 is 23.2 Å². The van der Waals surface area contributed by atoms with Crippen molar-refractivity contribution in [3.63, 3.8) is 0 Å². The average molecular weight is 398 g/mol. The number of nitro groups is 1. The summed E-state index contributed by atoms with van der Waals surface area (Å²) in [5.41, 5.74) is 1.10. The Morgan fingerprint density at radius 1 is 1.14 bits per heavy atom. The Morgan fingerprint density at radius 2 is 1.86 bits per heavy atom. The van der Waals surface area contributed by atoms with Gasteiger partial charge in [0.1, 0.15) is 6.04 Å². The molecule has 0 aliphatic carbocycles. The largest absolute Gasteiger partial charge is 0.372 e. The topological polar surface area (TPSA) is 105 Å². The van der Waals surface area contributed by atoms with Gasteiger partial charge in [0.15, 0.2) is 0 Å². The lowest BCUT2D eigenvalue weighted by Gasteiger charge is -2.23. The summed E-state index contributed by atoms with van der Waals surface area (Å²) < 4.78 is 0. The molecule has 0 heterocycles. The molecule has 2 aromatic rings. The third kappa shape index (κ3) is 6.60. The van der Waals surface area contributed by atoms with Crippen LogP contribution in [-0.4, -0.2) is 42.4 Å². The van der Waals surface area contributed by atoms with Crippen LogP contribution in [0.15, 0.2) is 54.6 Å². The van der Waals surface area contributed by atoms with Crippen LogP contribution in [0.2, 0.25) is 0 Å². The Hall–Kier alpha value is -3.42. The maximum Gasteiger partial charge on any atom is 0.270 e. The number of non-ortho nitro benzene ring substituents is 1. The first-order valence-corrected chi connectivity index (χ1v) is 9.55. The molecule has 2 amide bonds. The van der Waals surface area contributed by atoms with Crippen molar-refractivity contribution in [3.8, 4) is 0 Å². The van der Waals surface area contributed by atoms with Crippen LogP contribution in [0.1, 0.15) is 30.6 Å². The third-order valence-electron chi connectivity index (χ3n) is 4.47. The summed E-state index contributed by atoms with van der Waals surface area (Å²) in [6, 6.07) is 14.7. The number of benzene rings is 2. The molecule has 2 aromatic carbocycles. The second-order valence-electron chi connectivity index (χ2n) is 6.56. The van der Waals surface area contributed by atoms with E-state index in [9.17, 15) is 19.7 Å². The Bertz CT molecular complexity index is 842. The number of anilines is 1. The predicted molar refractivity (Wildman–Crippen MR) is 112 cm³/mol. The number of amides is 2. The minimum absolute atomic E-state index is 0.139. The van der Waals surface area contributed by atoms with Gasteiger partial charge in [-0.15, -0.1) is 0 Å². The molecule has 154 valence electrons. The molecule has 2 rings (SSSR count). The van der Waals surface area contributed by atoms with Crippen molar-refractivity contribution in [2.24, 2.45) is 0 Å². The number of para-hydroxylation sites is 1. The number of nitrogens with zero attached hydrogens (tertiary/aromatic N) is 2. The van der Waals surface area contributed by atoms with Gasteiger partial charge in [-0.3, -0.25) is 19.7 Å². The zero-order valence-electron chi connectivity index (χ0n) is 16.6. The summed E-state index contributed by atoms with van der Waals surface area (Å²) in [5.74, 6) is -0.830. The number of carbonyl (C=O) groups is 2. The Morgan fingerprint density at radius 3 is 2.52 bits per heavy atom. The molecule has 8 heteroatoms. The molecule has 1 atom stereocenters. The molecule has 0 aliphatic rings. The summed E-state index contributed by atoms with van der Waals surface area (Å²) >= 11 is 0. The molecule has 8 nitrogen and oxygen atoms in total. The quantitative estimate of drug-likeness (QED) is 0.364. The van der Waals surface area contributed by atoms with Gasteiger partial charge in [0.05, 0.1) is 4.92 Å². The summed E-state index contributed by atoms with van der Waals surface area (Å²) in [7, 11) is 0. The Balaban J connectivity index is 1.78. The highest BCUT2D eigenvalue weighted by Gasteiger charge is 2.18. The number of carbonyl (C=O) groups excluding carboxylic acids is 2. The number of rotatable bonds is 10. The summed E-state index contributed by atoms with van der Waals surface area (Å²) in [4.78, 5) is 36.9. The molecular formula is C21H26N4O4. The first-order valence-electron chi connectivity index (χ1n) is 9.55. The second-order valence-corrected chi connectivity index (χ2v) is 6.56. The molecule has 0 spiro atoms. The normalized spacial score (nSPS) is 11.4. The van der Waals surface area contributed by atoms with Crippen LogP contribution < -0.4 is 15.5 Å². The lowest BCUT2D eigenvalue weighted by Crippen LogP contribution is -2.45. The van der Waals surface area contributed by atoms with Crippen LogP contribution in [0.25, 0.3) is 0 Å². The van der Waals surface area contributed by atoms with Crippen molar-refractivity contribution in [1.29, 1.82) is 0 Å². The SMILES string of the molecule is CCN(CCCNC(=O)C(C)NC(=O)c1cccc([N+](=O)[O-])c1)c1ccccc1. The fraction of sp³-hybridized carbons (Fsp3) is 0.333. The minimum Gasteiger partial charge on any atom is -0.372 e. The van der Waals surface area contributed by atoms with E-state index < -0.39 is 16.9 Å². The molecule has 0 bridgehead atoms. The van der Waals surface area contributed by atoms with Gasteiger partial charge in [0, 0.05) is 43.0 Å². The summed E-state index contributed by atoms with van der Waals surface area (Å²) in [6.45, 7) is 5.81. The molecule has 0 saturated heterocycles. The van der Waals surface area contributed by atoms with Gasteiger partial charge in [-0.25, -0.2) is 0 Å². The first kappa shape index (κ1) is 21.9. The standard InChI is InChI=1S/C21H26N4O4/c1-3-24(18-10-5-4-6-11-18)14-8-13-22-20(26)16(2)23-21(27)17-9-7-12-19(15-17)25(28)29/h4-7,9-12,15-16H,3,8,13-14H2,1-2H3,(H,22,26)(H,23,27). The van der Waals surface area contributed by atoms with Crippen molar-refractivity contribution in [2.75, 3.05) is 24.5 Å². The van der Waals surface area contributed by atoms with Crippen LogP contribution in [0.3, 0.4) is 0 Å². The minimum atomic E-state index is -0.752. The van der Waals surface area contributed by atoms with Crippen LogP contribution in [0, 0.1) is 10.1 Å². The maximum absolute atomic E-state index is 12.2. The maximum atomic E-state index is 12.2. The van der Waals surface area contributed by atoms with Crippen LogP contribution >= 0.6 is 0 Å². The van der Waals surface area contributed by atoms with E-state index in [0.717, 1.165) is 25.2 Å². The highest BCUT2D eigenvalue weighted by atomic mass is 16.6. The monoisotopic (exact) mass is 398 g/mol. The van der Waals surface area contributed by atoms with E-state index in [1.807, 2.05) is 30.3 Å². The number of hydrogen-bond acceptors (Lipinski definition) is 5. The molecular weight excluding hydrogens is 372 g/mol. The smallest absolute Gasteiger partial charge is 0.270 e. The molecule has 0 aromatic heterocycles. The van der Waals surface area contributed by atoms with Crippen molar-refractivity contribution in [2.45, 2.75) is 26.3 Å². The van der Waals surface area contributed by atoms with Crippen molar-refractivity contribution < 1.29 is 14.5 Å². The highest BCUT2D eigenvalue weighted by Crippen LogP contribution is 2.14. The van der Waals surface area contributed by atoms with E-state index in [4.69, 9.17) is 0 Å². The van der Waals surface area contributed by atoms with Crippen molar-refractivity contribution in [3.05, 3.63) is 70.3 Å². The van der Waals surface area contributed by atoms with Crippen LogP contribution in [0.5, 0.6) is 0 Å². The van der Waals surface area contributed by atoms with Crippen molar-refractivity contribution in [1.82, 2.24) is 10.6 Å². The second kappa shape index (κ2) is 10.8. The van der Waals surface area contributed by atoms with Gasteiger partial charge in [-0.05, 0) is 38.5 Å². The lowest BCUT2D eigenvalue weighted by atomic mass is 10.1. The average Bonchev–Trinajstić information content (AvgIpc) is 2.74. The molecule has 0 fully saturated rings. The fourth-order valence-corrected chi connectivity index (χ4v) is 2.85. The zero-order chi connectivity index (χ0) is 21.2. The van der Waals surface area contributed by atoms with Crippen LogP contribution in [-0.2, 0) is 4.79 Å². The first-order chi connectivity index (χ1) is 13.9. The van der Waals surface area contributed by atoms with E-state index in [0.29, 0.717) is 6.54 Å². The molecule has 0 saturated carbocycles. The Labute approximate surface area is 170 Å². The van der Waals surface area contributed by atoms with Gasteiger partial charge in [0.25, 0.3) is 11.6 Å². The van der Waals surface area contributed by atoms with E-state index in [-0.39, 0.29) is 17.2 Å². The third-order valence-corrected chi connectivity index (χ3v) is 4.47. The van der Waals surface area contributed by atoms with Gasteiger partial charge in [-0.1, -0.05) is 24.3 Å². The zero-order valence-corrected chi connectivity index (χ0v) is 16.6. The molecule has 2 N–H and O–H groups in total. The fourth-order valence-electron chi connectivity index (χ4n) is 2.85. The van der Waals surface area contributed by atoms with E-state index >= 15 is 0 Å². The molecule has 0 radical (unpaired) electrons. The number of nitro benzene ring substituents is 1. The van der Waals surface area contributed by atoms with Gasteiger partial charge >= 0.3 is 0 Å². The summed E-state index contributed by atoms with van der Waals surface area (Å²) in [5, 5.41) is 16.2. The lowest BCUT2D eigenvalue weighted by molar-refractivity contribution is -0.384. The van der Waals surface area contributed by atoms with Gasteiger partial charge < -0.3 is 15.5 Å². The van der Waals surface area contributed by atoms with Gasteiger partial charge in [-0.2, -0.15) is 0 Å². The van der Waals surface area contributed by atoms with E-state index in [1.165, 1.54) is 24.3 Å². The van der Waals surface area contributed by atoms with Gasteiger partial charge in [0.2, 0.25) is 5.91 Å². The number of hydrogen-bond donors (Lipinski definition) is 2. The molecule has 1 unspecified atom stereocenters. The molecule has 0 aliphatic heterocycles. The van der Waals surface area contributed by atoms with E-state index in [1.54, 1.807) is 6.92 Å². The predicted octanol–water partition coefficient (Wildman–Crippen LogP) is 2.75. The highest BCUT2D eigenvalue weighted by molar-refractivity contribution is 5.97. The van der Waals surface area contributed by atoms with E-state index in [2.05, 4.69) is 22.5 Å². The Kier molecular flexibility index (Phi) is 8.14. The molecule has 29 heavy (non-hydrogen) atoms. The summed E-state index contributed by atoms with van der Waals surface area (Å²) in [6.07, 6.45) is 0.764.